The van der Waals surface area contributed by atoms with Crippen molar-refractivity contribution in [1.82, 2.24) is 19.9 Å². The Balaban J connectivity index is 1.44. The Morgan fingerprint density at radius 1 is 1.22 bits per heavy atom. The number of ether oxygens (including phenoxy) is 3. The van der Waals surface area contributed by atoms with E-state index in [1.165, 1.54) is 6.33 Å². The molecule has 9 heteroatoms. The number of aromatic nitrogens is 3. The molecule has 1 aromatic carbocycles. The lowest BCUT2D eigenvalue weighted by molar-refractivity contribution is -0.119. The van der Waals surface area contributed by atoms with E-state index in [1.807, 2.05) is 30.3 Å². The topological polar surface area (TPSA) is 113 Å². The van der Waals surface area contributed by atoms with Gasteiger partial charge < -0.3 is 19.9 Å². The number of rotatable bonds is 8. The third-order valence-electron chi connectivity index (χ3n) is 5.11. The summed E-state index contributed by atoms with van der Waals surface area (Å²) < 4.78 is 16.8. The number of amides is 1. The van der Waals surface area contributed by atoms with Gasteiger partial charge >= 0.3 is 0 Å². The largest absolute Gasteiger partial charge is 0.493 e. The van der Waals surface area contributed by atoms with Crippen molar-refractivity contribution in [3.05, 3.63) is 66.4 Å². The molecule has 2 aromatic heterocycles. The van der Waals surface area contributed by atoms with Gasteiger partial charge in [-0.3, -0.25) is 9.69 Å². The van der Waals surface area contributed by atoms with Gasteiger partial charge in [-0.25, -0.2) is 15.0 Å². The molecule has 32 heavy (non-hydrogen) atoms. The summed E-state index contributed by atoms with van der Waals surface area (Å²) in [6.07, 6.45) is 4.86. The molecule has 166 valence electrons. The van der Waals surface area contributed by atoms with Crippen LogP contribution < -0.4 is 15.2 Å². The number of pyridine rings is 1. The number of methoxy groups -OCH3 is 1. The second-order valence-electron chi connectivity index (χ2n) is 7.41. The quantitative estimate of drug-likeness (QED) is 0.572. The molecule has 4 rings (SSSR count). The maximum absolute atomic E-state index is 11.0. The molecule has 1 aliphatic rings. The molecule has 3 heterocycles. The van der Waals surface area contributed by atoms with Gasteiger partial charge in [0.05, 0.1) is 25.1 Å². The van der Waals surface area contributed by atoms with Gasteiger partial charge in [0.25, 0.3) is 5.91 Å². The highest BCUT2D eigenvalue weighted by Gasteiger charge is 2.24. The third-order valence-corrected chi connectivity index (χ3v) is 5.11. The average molecular weight is 435 g/mol. The van der Waals surface area contributed by atoms with Crippen LogP contribution in [0.1, 0.15) is 17.4 Å². The molecule has 1 saturated heterocycles. The van der Waals surface area contributed by atoms with Crippen LogP contribution in [0.5, 0.6) is 11.5 Å². The summed E-state index contributed by atoms with van der Waals surface area (Å²) >= 11 is 0. The molecule has 0 bridgehead atoms. The van der Waals surface area contributed by atoms with E-state index in [-0.39, 0.29) is 12.7 Å². The number of carbonyl (C=O) groups is 1. The van der Waals surface area contributed by atoms with Crippen molar-refractivity contribution in [1.29, 1.82) is 0 Å². The standard InChI is InChI=1S/C23H25N5O4/c1-30-21-9-16(5-6-20(21)32-14-23(24)29)12-28-7-8-31-22(13-28)19-4-2-3-18(27-19)17-10-25-15-26-11-17/h2-6,9-11,15,22H,7-8,12-14H2,1H3,(H2,24,29)/t22-/m0/s1. The van der Waals surface area contributed by atoms with Gasteiger partial charge in [-0.2, -0.15) is 0 Å². The maximum atomic E-state index is 11.0. The molecule has 0 unspecified atom stereocenters. The van der Waals surface area contributed by atoms with Gasteiger partial charge in [-0.15, -0.1) is 0 Å². The van der Waals surface area contributed by atoms with Gasteiger partial charge in [0, 0.05) is 37.6 Å². The third kappa shape index (κ3) is 5.37. The van der Waals surface area contributed by atoms with Crippen molar-refractivity contribution in [2.75, 3.05) is 33.4 Å². The monoisotopic (exact) mass is 435 g/mol. The number of primary amides is 1. The van der Waals surface area contributed by atoms with Crippen LogP contribution in [0.3, 0.4) is 0 Å². The molecule has 1 aliphatic heterocycles. The molecule has 1 amide bonds. The zero-order valence-corrected chi connectivity index (χ0v) is 17.8. The molecule has 1 atom stereocenters. The van der Waals surface area contributed by atoms with Crippen LogP contribution in [0.4, 0.5) is 0 Å². The van der Waals surface area contributed by atoms with E-state index in [0.29, 0.717) is 24.7 Å². The average Bonchev–Trinajstić information content (AvgIpc) is 2.84. The SMILES string of the molecule is COc1cc(CN2CCO[C@H](c3cccc(-c4cncnc4)n3)C2)ccc1OCC(N)=O. The van der Waals surface area contributed by atoms with Gasteiger partial charge in [0.1, 0.15) is 12.4 Å². The number of hydrogen-bond donors (Lipinski definition) is 1. The molecule has 0 spiro atoms. The molecule has 3 aromatic rings. The molecular weight excluding hydrogens is 410 g/mol. The normalized spacial score (nSPS) is 16.5. The minimum Gasteiger partial charge on any atom is -0.493 e. The molecule has 0 radical (unpaired) electrons. The van der Waals surface area contributed by atoms with Crippen LogP contribution in [0.25, 0.3) is 11.3 Å². The highest BCUT2D eigenvalue weighted by atomic mass is 16.5. The van der Waals surface area contributed by atoms with E-state index in [0.717, 1.165) is 35.6 Å². The van der Waals surface area contributed by atoms with Gasteiger partial charge in [0.15, 0.2) is 18.1 Å². The summed E-state index contributed by atoms with van der Waals surface area (Å²) in [4.78, 5) is 26.2. The molecule has 2 N–H and O–H groups in total. The highest BCUT2D eigenvalue weighted by molar-refractivity contribution is 5.75. The van der Waals surface area contributed by atoms with Crippen molar-refractivity contribution >= 4 is 5.91 Å². The first-order valence-electron chi connectivity index (χ1n) is 10.3. The predicted molar refractivity (Wildman–Crippen MR) is 117 cm³/mol. The lowest BCUT2D eigenvalue weighted by Crippen LogP contribution is -2.38. The zero-order valence-electron chi connectivity index (χ0n) is 17.8. The van der Waals surface area contributed by atoms with Crippen LogP contribution in [0.15, 0.2) is 55.1 Å². The van der Waals surface area contributed by atoms with Crippen molar-refractivity contribution < 1.29 is 19.0 Å². The minimum absolute atomic E-state index is 0.131. The Morgan fingerprint density at radius 3 is 2.84 bits per heavy atom. The molecular formula is C23H25N5O4. The molecule has 1 fully saturated rings. The summed E-state index contributed by atoms with van der Waals surface area (Å²) in [5.74, 6) is 0.516. The number of nitrogens with two attached hydrogens (primary N) is 1. The molecule has 0 aliphatic carbocycles. The summed E-state index contributed by atoms with van der Waals surface area (Å²) in [5.41, 5.74) is 8.79. The van der Waals surface area contributed by atoms with Crippen molar-refractivity contribution in [3.8, 4) is 22.8 Å². The fourth-order valence-electron chi connectivity index (χ4n) is 3.58. The van der Waals surface area contributed by atoms with Gasteiger partial charge in [0.2, 0.25) is 0 Å². The number of morpholine rings is 1. The summed E-state index contributed by atoms with van der Waals surface area (Å²) in [5, 5.41) is 0. The molecule has 9 nitrogen and oxygen atoms in total. The van der Waals surface area contributed by atoms with E-state index in [1.54, 1.807) is 25.6 Å². The number of carbonyl (C=O) groups excluding carboxylic acids is 1. The van der Waals surface area contributed by atoms with E-state index in [9.17, 15) is 4.79 Å². The Bertz CT molecular complexity index is 1060. The summed E-state index contributed by atoms with van der Waals surface area (Å²) in [7, 11) is 1.57. The smallest absolute Gasteiger partial charge is 0.255 e. The fourth-order valence-corrected chi connectivity index (χ4v) is 3.58. The first-order valence-corrected chi connectivity index (χ1v) is 10.3. The first-order chi connectivity index (χ1) is 15.6. The zero-order chi connectivity index (χ0) is 22.3. The summed E-state index contributed by atoms with van der Waals surface area (Å²) in [6, 6.07) is 11.6. The van der Waals surface area contributed by atoms with E-state index >= 15 is 0 Å². The van der Waals surface area contributed by atoms with Crippen LogP contribution in [0, 0.1) is 0 Å². The Hall–Kier alpha value is -3.56. The van der Waals surface area contributed by atoms with E-state index in [2.05, 4.69) is 14.9 Å². The fraction of sp³-hybridized carbons (Fsp3) is 0.304. The summed E-state index contributed by atoms with van der Waals surface area (Å²) in [6.45, 7) is 2.66. The van der Waals surface area contributed by atoms with Crippen LogP contribution in [0.2, 0.25) is 0 Å². The highest BCUT2D eigenvalue weighted by Crippen LogP contribution is 2.30. The molecule has 0 saturated carbocycles. The number of benzene rings is 1. The lowest BCUT2D eigenvalue weighted by Gasteiger charge is -2.32. The minimum atomic E-state index is -0.534. The number of nitrogens with zero attached hydrogens (tertiary/aromatic N) is 4. The van der Waals surface area contributed by atoms with Crippen LogP contribution >= 0.6 is 0 Å². The number of hydrogen-bond acceptors (Lipinski definition) is 8. The predicted octanol–water partition coefficient (Wildman–Crippen LogP) is 1.98. The van der Waals surface area contributed by atoms with Crippen molar-refractivity contribution in [2.24, 2.45) is 5.73 Å². The van der Waals surface area contributed by atoms with Crippen molar-refractivity contribution in [2.45, 2.75) is 12.6 Å². The Kier molecular flexibility index (Phi) is 6.88. The van der Waals surface area contributed by atoms with Crippen molar-refractivity contribution in [3.63, 3.8) is 0 Å². The maximum Gasteiger partial charge on any atom is 0.255 e. The Morgan fingerprint density at radius 2 is 2.06 bits per heavy atom. The second-order valence-corrected chi connectivity index (χ2v) is 7.41. The Labute approximate surface area is 186 Å². The van der Waals surface area contributed by atoms with Gasteiger partial charge in [-0.05, 0) is 29.8 Å². The second kappa shape index (κ2) is 10.2. The lowest BCUT2D eigenvalue weighted by atomic mass is 10.1. The first kappa shape index (κ1) is 21.7. The van der Waals surface area contributed by atoms with Crippen LogP contribution in [-0.4, -0.2) is 59.2 Å². The van der Waals surface area contributed by atoms with Crippen LogP contribution in [-0.2, 0) is 16.1 Å². The van der Waals surface area contributed by atoms with Gasteiger partial charge in [-0.1, -0.05) is 12.1 Å². The van der Waals surface area contributed by atoms with E-state index in [4.69, 9.17) is 24.9 Å². The van der Waals surface area contributed by atoms with E-state index < -0.39 is 5.91 Å².